The van der Waals surface area contributed by atoms with Crippen molar-refractivity contribution in [1.29, 1.82) is 0 Å². The second-order valence-electron chi connectivity index (χ2n) is 3.30. The number of aromatic nitrogens is 2. The van der Waals surface area contributed by atoms with Gasteiger partial charge in [-0.3, -0.25) is 4.68 Å². The summed E-state index contributed by atoms with van der Waals surface area (Å²) in [6.07, 6.45) is 0. The third-order valence-electron chi connectivity index (χ3n) is 2.04. The van der Waals surface area contributed by atoms with Crippen LogP contribution in [0.5, 0.6) is 0 Å². The van der Waals surface area contributed by atoms with E-state index in [2.05, 4.69) is 30.3 Å². The molecule has 0 fully saturated rings. The van der Waals surface area contributed by atoms with Gasteiger partial charge in [0.15, 0.2) is 0 Å². The Morgan fingerprint density at radius 3 is 2.67 bits per heavy atom. The molecule has 3 heteroatoms. The second-order valence-corrected chi connectivity index (χ2v) is 3.30. The van der Waals surface area contributed by atoms with Crippen molar-refractivity contribution in [3.05, 3.63) is 17.5 Å². The van der Waals surface area contributed by atoms with E-state index in [0.717, 1.165) is 12.2 Å². The summed E-state index contributed by atoms with van der Waals surface area (Å²) >= 11 is 0. The van der Waals surface area contributed by atoms with Crippen molar-refractivity contribution in [1.82, 2.24) is 15.1 Å². The molecule has 0 spiro atoms. The Morgan fingerprint density at radius 1 is 1.58 bits per heavy atom. The molecule has 1 rings (SSSR count). The van der Waals surface area contributed by atoms with Crippen LogP contribution >= 0.6 is 0 Å². The number of rotatable bonds is 3. The molecule has 0 radical (unpaired) electrons. The minimum Gasteiger partial charge on any atom is -0.315 e. The van der Waals surface area contributed by atoms with Crippen LogP contribution < -0.4 is 5.32 Å². The number of nitrogens with zero attached hydrogens (tertiary/aromatic N) is 2. The number of likely N-dealkylation sites (N-methyl/N-ethyl adjacent to an activating group) is 1. The van der Waals surface area contributed by atoms with Gasteiger partial charge < -0.3 is 5.32 Å². The van der Waals surface area contributed by atoms with E-state index < -0.39 is 0 Å². The molecule has 0 bridgehead atoms. The summed E-state index contributed by atoms with van der Waals surface area (Å²) in [5.41, 5.74) is 2.32. The molecule has 1 atom stereocenters. The van der Waals surface area contributed by atoms with E-state index >= 15 is 0 Å². The molecule has 0 amide bonds. The fraction of sp³-hybridized carbons (Fsp3) is 0.667. The summed E-state index contributed by atoms with van der Waals surface area (Å²) in [7, 11) is 1.97. The summed E-state index contributed by atoms with van der Waals surface area (Å²) in [6, 6.07) is 2.57. The van der Waals surface area contributed by atoms with E-state index in [1.165, 1.54) is 5.69 Å². The molecule has 0 aliphatic rings. The van der Waals surface area contributed by atoms with Gasteiger partial charge >= 0.3 is 0 Å². The first kappa shape index (κ1) is 9.26. The van der Waals surface area contributed by atoms with Crippen molar-refractivity contribution in [2.45, 2.75) is 33.4 Å². The van der Waals surface area contributed by atoms with Crippen LogP contribution in [0.3, 0.4) is 0 Å². The van der Waals surface area contributed by atoms with Crippen molar-refractivity contribution >= 4 is 0 Å². The van der Waals surface area contributed by atoms with Crippen LogP contribution in [-0.4, -0.2) is 22.9 Å². The van der Waals surface area contributed by atoms with Crippen LogP contribution in [0, 0.1) is 13.8 Å². The third-order valence-corrected chi connectivity index (χ3v) is 2.04. The summed E-state index contributed by atoms with van der Waals surface area (Å²) in [4.78, 5) is 0. The highest BCUT2D eigenvalue weighted by atomic mass is 15.3. The Morgan fingerprint density at radius 2 is 2.25 bits per heavy atom. The molecule has 0 aliphatic heterocycles. The summed E-state index contributed by atoms with van der Waals surface area (Å²) in [6.45, 7) is 7.20. The van der Waals surface area contributed by atoms with Gasteiger partial charge in [0.2, 0.25) is 0 Å². The summed E-state index contributed by atoms with van der Waals surface area (Å²) in [5, 5.41) is 7.56. The average molecular weight is 167 g/mol. The van der Waals surface area contributed by atoms with Gasteiger partial charge in [-0.2, -0.15) is 5.10 Å². The van der Waals surface area contributed by atoms with Gasteiger partial charge in [-0.15, -0.1) is 0 Å². The fourth-order valence-electron chi connectivity index (χ4n) is 1.21. The van der Waals surface area contributed by atoms with Crippen LogP contribution in [0.15, 0.2) is 6.07 Å². The van der Waals surface area contributed by atoms with E-state index in [0.29, 0.717) is 6.04 Å². The first-order valence-corrected chi connectivity index (χ1v) is 4.32. The zero-order chi connectivity index (χ0) is 9.14. The Kier molecular flexibility index (Phi) is 2.87. The smallest absolute Gasteiger partial charge is 0.0596 e. The molecule has 3 nitrogen and oxygen atoms in total. The molecule has 1 aromatic heterocycles. The van der Waals surface area contributed by atoms with E-state index in [4.69, 9.17) is 0 Å². The van der Waals surface area contributed by atoms with Crippen molar-refractivity contribution in [3.63, 3.8) is 0 Å². The number of hydrogen-bond acceptors (Lipinski definition) is 2. The van der Waals surface area contributed by atoms with Crippen LogP contribution in [0.2, 0.25) is 0 Å². The number of aryl methyl sites for hydroxylation is 2. The SMILES string of the molecule is CNC(C)Cn1nc(C)cc1C. The molecule has 12 heavy (non-hydrogen) atoms. The lowest BCUT2D eigenvalue weighted by atomic mass is 10.3. The molecular weight excluding hydrogens is 150 g/mol. The zero-order valence-electron chi connectivity index (χ0n) is 8.26. The molecule has 68 valence electrons. The van der Waals surface area contributed by atoms with Gasteiger partial charge in [-0.1, -0.05) is 0 Å². The van der Waals surface area contributed by atoms with Crippen molar-refractivity contribution < 1.29 is 0 Å². The molecule has 0 saturated carbocycles. The first-order valence-electron chi connectivity index (χ1n) is 4.32. The first-order chi connectivity index (χ1) is 5.63. The number of hydrogen-bond donors (Lipinski definition) is 1. The molecular formula is C9H17N3. The molecule has 1 heterocycles. The quantitative estimate of drug-likeness (QED) is 0.730. The van der Waals surface area contributed by atoms with Gasteiger partial charge in [0.1, 0.15) is 0 Å². The maximum Gasteiger partial charge on any atom is 0.0596 e. The zero-order valence-corrected chi connectivity index (χ0v) is 8.26. The minimum atomic E-state index is 0.475. The van der Waals surface area contributed by atoms with E-state index in [1.54, 1.807) is 0 Å². The lowest BCUT2D eigenvalue weighted by molar-refractivity contribution is 0.472. The molecule has 0 aliphatic carbocycles. The van der Waals surface area contributed by atoms with Gasteiger partial charge in [-0.05, 0) is 33.9 Å². The van der Waals surface area contributed by atoms with Crippen molar-refractivity contribution in [2.75, 3.05) is 7.05 Å². The third kappa shape index (κ3) is 2.08. The van der Waals surface area contributed by atoms with Crippen LogP contribution in [0.1, 0.15) is 18.3 Å². The lowest BCUT2D eigenvalue weighted by Gasteiger charge is -2.11. The predicted molar refractivity (Wildman–Crippen MR) is 50.2 cm³/mol. The summed E-state index contributed by atoms with van der Waals surface area (Å²) in [5.74, 6) is 0. The molecule has 0 aromatic carbocycles. The van der Waals surface area contributed by atoms with E-state index in [9.17, 15) is 0 Å². The maximum absolute atomic E-state index is 4.37. The highest BCUT2D eigenvalue weighted by molar-refractivity contribution is 5.06. The van der Waals surface area contributed by atoms with Gasteiger partial charge in [0.05, 0.1) is 12.2 Å². The molecule has 1 aromatic rings. The van der Waals surface area contributed by atoms with Crippen LogP contribution in [-0.2, 0) is 6.54 Å². The summed E-state index contributed by atoms with van der Waals surface area (Å²) < 4.78 is 2.04. The Bertz CT molecular complexity index is 252. The standard InChI is InChI=1S/C9H17N3/c1-7-5-9(3)12(11-7)6-8(2)10-4/h5,8,10H,6H2,1-4H3. The fourth-order valence-corrected chi connectivity index (χ4v) is 1.21. The second kappa shape index (κ2) is 3.72. The topological polar surface area (TPSA) is 29.9 Å². The monoisotopic (exact) mass is 167 g/mol. The minimum absolute atomic E-state index is 0.475. The molecule has 0 saturated heterocycles. The Hall–Kier alpha value is -0.830. The van der Waals surface area contributed by atoms with Crippen molar-refractivity contribution in [3.8, 4) is 0 Å². The van der Waals surface area contributed by atoms with Gasteiger partial charge in [0.25, 0.3) is 0 Å². The van der Waals surface area contributed by atoms with Crippen molar-refractivity contribution in [2.24, 2.45) is 0 Å². The normalized spacial score (nSPS) is 13.3. The maximum atomic E-state index is 4.37. The van der Waals surface area contributed by atoms with E-state index in [1.807, 2.05) is 18.7 Å². The van der Waals surface area contributed by atoms with Gasteiger partial charge in [-0.25, -0.2) is 0 Å². The predicted octanol–water partition coefficient (Wildman–Crippen LogP) is 1.11. The Balaban J connectivity index is 2.68. The Labute approximate surface area is 73.8 Å². The average Bonchev–Trinajstić information content (AvgIpc) is 2.30. The molecule has 1 unspecified atom stereocenters. The lowest BCUT2D eigenvalue weighted by Crippen LogP contribution is -2.27. The van der Waals surface area contributed by atoms with Crippen LogP contribution in [0.25, 0.3) is 0 Å². The highest BCUT2D eigenvalue weighted by Gasteiger charge is 2.03. The van der Waals surface area contributed by atoms with Gasteiger partial charge in [0, 0.05) is 11.7 Å². The largest absolute Gasteiger partial charge is 0.315 e. The van der Waals surface area contributed by atoms with Crippen LogP contribution in [0.4, 0.5) is 0 Å². The number of nitrogens with one attached hydrogen (secondary N) is 1. The molecule has 1 N–H and O–H groups in total. The highest BCUT2D eigenvalue weighted by Crippen LogP contribution is 2.02. The van der Waals surface area contributed by atoms with E-state index in [-0.39, 0.29) is 0 Å².